The van der Waals surface area contributed by atoms with Gasteiger partial charge in [-0.15, -0.1) is 0 Å². The van der Waals surface area contributed by atoms with Gasteiger partial charge in [-0.2, -0.15) is 5.26 Å². The van der Waals surface area contributed by atoms with Gasteiger partial charge in [0.15, 0.2) is 0 Å². The summed E-state index contributed by atoms with van der Waals surface area (Å²) in [5.41, 5.74) is 9.50. The summed E-state index contributed by atoms with van der Waals surface area (Å²) in [7, 11) is 0. The molecule has 0 amide bonds. The van der Waals surface area contributed by atoms with Crippen molar-refractivity contribution in [3.63, 3.8) is 0 Å². The summed E-state index contributed by atoms with van der Waals surface area (Å²) >= 11 is 0. The molecular formula is C18H28N2. The minimum atomic E-state index is 0.142. The van der Waals surface area contributed by atoms with E-state index in [9.17, 15) is 5.26 Å². The summed E-state index contributed by atoms with van der Waals surface area (Å²) in [6.45, 7) is 7.06. The number of nitrogens with two attached hydrogens (primary N) is 1. The van der Waals surface area contributed by atoms with Crippen LogP contribution in [0.4, 0.5) is 0 Å². The van der Waals surface area contributed by atoms with Crippen LogP contribution in [0.25, 0.3) is 0 Å². The first-order valence-electron chi connectivity index (χ1n) is 8.23. The lowest BCUT2D eigenvalue weighted by atomic mass is 9.39. The molecule has 0 radical (unpaired) electrons. The fourth-order valence-corrected chi connectivity index (χ4v) is 6.57. The molecule has 2 atom stereocenters. The normalized spacial score (nSPS) is 47.0. The van der Waals surface area contributed by atoms with Crippen LogP contribution < -0.4 is 5.73 Å². The zero-order chi connectivity index (χ0) is 14.6. The van der Waals surface area contributed by atoms with Gasteiger partial charge in [-0.05, 0) is 61.7 Å². The van der Waals surface area contributed by atoms with Gasteiger partial charge in [0.25, 0.3) is 0 Å². The molecule has 4 aliphatic carbocycles. The molecule has 4 saturated carbocycles. The number of allylic oxidation sites excluding steroid dienone is 2. The van der Waals surface area contributed by atoms with E-state index in [2.05, 4.69) is 26.8 Å². The van der Waals surface area contributed by atoms with E-state index >= 15 is 0 Å². The molecule has 0 aliphatic heterocycles. The predicted octanol–water partition coefficient (Wildman–Crippen LogP) is 4.52. The van der Waals surface area contributed by atoms with Gasteiger partial charge in [-0.3, -0.25) is 0 Å². The number of nitriles is 1. The van der Waals surface area contributed by atoms with Crippen LogP contribution in [-0.4, -0.2) is 0 Å². The third-order valence-electron chi connectivity index (χ3n) is 6.16. The van der Waals surface area contributed by atoms with Crippen LogP contribution in [0.1, 0.15) is 72.1 Å². The fourth-order valence-electron chi connectivity index (χ4n) is 6.57. The minimum absolute atomic E-state index is 0.142. The van der Waals surface area contributed by atoms with Gasteiger partial charge in [0.1, 0.15) is 0 Å². The molecule has 4 aliphatic rings. The summed E-state index contributed by atoms with van der Waals surface area (Å²) < 4.78 is 0. The molecule has 4 bridgehead atoms. The van der Waals surface area contributed by atoms with Crippen LogP contribution in [-0.2, 0) is 0 Å². The molecule has 0 heterocycles. The van der Waals surface area contributed by atoms with Crippen molar-refractivity contribution in [1.29, 1.82) is 5.26 Å². The summed E-state index contributed by atoms with van der Waals surface area (Å²) in [5, 5.41) is 9.47. The summed E-state index contributed by atoms with van der Waals surface area (Å²) in [5.74, 6) is 0.835. The standard InChI is InChI=1S/C18H28N2/c1-4-5-14(9-19)15(20)18-8-13-6-16(2,11-18)10-17(3,7-13)12-18/h13H,4-8,10-12,20H2,1-3H3. The van der Waals surface area contributed by atoms with Gasteiger partial charge in [0, 0.05) is 16.7 Å². The van der Waals surface area contributed by atoms with E-state index in [1.165, 1.54) is 38.5 Å². The van der Waals surface area contributed by atoms with E-state index in [0.717, 1.165) is 30.0 Å². The Morgan fingerprint density at radius 2 is 1.75 bits per heavy atom. The quantitative estimate of drug-likeness (QED) is 0.768. The van der Waals surface area contributed by atoms with E-state index in [1.807, 2.05) is 0 Å². The molecule has 0 aromatic heterocycles. The Bertz CT molecular complexity index is 478. The van der Waals surface area contributed by atoms with Gasteiger partial charge < -0.3 is 5.73 Å². The Labute approximate surface area is 123 Å². The highest BCUT2D eigenvalue weighted by atomic mass is 14.7. The van der Waals surface area contributed by atoms with Crippen LogP contribution >= 0.6 is 0 Å². The first-order valence-corrected chi connectivity index (χ1v) is 8.23. The molecule has 20 heavy (non-hydrogen) atoms. The summed E-state index contributed by atoms with van der Waals surface area (Å²) in [6.07, 6.45) is 9.65. The molecule has 2 unspecified atom stereocenters. The Balaban J connectivity index is 2.03. The maximum atomic E-state index is 9.47. The largest absolute Gasteiger partial charge is 0.401 e. The van der Waals surface area contributed by atoms with Crippen LogP contribution in [0.2, 0.25) is 0 Å². The zero-order valence-corrected chi connectivity index (χ0v) is 13.3. The Kier molecular flexibility index (Phi) is 2.98. The molecule has 2 N–H and O–H groups in total. The third-order valence-corrected chi connectivity index (χ3v) is 6.16. The third kappa shape index (κ3) is 1.98. The number of hydrogen-bond acceptors (Lipinski definition) is 2. The molecular weight excluding hydrogens is 244 g/mol. The van der Waals surface area contributed by atoms with E-state index in [-0.39, 0.29) is 5.41 Å². The molecule has 4 fully saturated rings. The van der Waals surface area contributed by atoms with Gasteiger partial charge >= 0.3 is 0 Å². The highest BCUT2D eigenvalue weighted by Crippen LogP contribution is 2.71. The maximum absolute atomic E-state index is 9.47. The SMILES string of the molecule is CCCC(C#N)=C(N)C12CC3CC(C)(CC(C)(C3)C1)C2. The second-order valence-electron chi connectivity index (χ2n) is 8.66. The molecule has 4 rings (SSSR count). The van der Waals surface area contributed by atoms with Gasteiger partial charge in [0.05, 0.1) is 6.07 Å². The van der Waals surface area contributed by atoms with Crippen LogP contribution in [0.15, 0.2) is 11.3 Å². The minimum Gasteiger partial charge on any atom is -0.401 e. The van der Waals surface area contributed by atoms with Crippen molar-refractivity contribution < 1.29 is 0 Å². The Morgan fingerprint density at radius 1 is 1.15 bits per heavy atom. The van der Waals surface area contributed by atoms with Crippen LogP contribution in [0.3, 0.4) is 0 Å². The predicted molar refractivity (Wildman–Crippen MR) is 81.6 cm³/mol. The van der Waals surface area contributed by atoms with Crippen molar-refractivity contribution in [2.75, 3.05) is 0 Å². The zero-order valence-electron chi connectivity index (χ0n) is 13.3. The first kappa shape index (κ1) is 14.0. The second-order valence-corrected chi connectivity index (χ2v) is 8.66. The molecule has 0 aromatic rings. The first-order chi connectivity index (χ1) is 9.34. The lowest BCUT2D eigenvalue weighted by Crippen LogP contribution is -2.56. The van der Waals surface area contributed by atoms with E-state index in [1.54, 1.807) is 0 Å². The van der Waals surface area contributed by atoms with E-state index in [4.69, 9.17) is 5.73 Å². The highest BCUT2D eigenvalue weighted by molar-refractivity contribution is 5.33. The van der Waals surface area contributed by atoms with E-state index in [0.29, 0.717) is 10.8 Å². The molecule has 0 saturated heterocycles. The monoisotopic (exact) mass is 272 g/mol. The smallest absolute Gasteiger partial charge is 0.0965 e. The number of rotatable bonds is 3. The molecule has 110 valence electrons. The summed E-state index contributed by atoms with van der Waals surface area (Å²) in [4.78, 5) is 0. The Morgan fingerprint density at radius 3 is 2.20 bits per heavy atom. The van der Waals surface area contributed by atoms with Gasteiger partial charge in [0.2, 0.25) is 0 Å². The topological polar surface area (TPSA) is 49.8 Å². The molecule has 0 spiro atoms. The maximum Gasteiger partial charge on any atom is 0.0965 e. The molecule has 2 nitrogen and oxygen atoms in total. The van der Waals surface area contributed by atoms with E-state index < -0.39 is 0 Å². The van der Waals surface area contributed by atoms with Crippen molar-refractivity contribution >= 4 is 0 Å². The van der Waals surface area contributed by atoms with Crippen molar-refractivity contribution in [3.8, 4) is 6.07 Å². The molecule has 2 heteroatoms. The summed E-state index contributed by atoms with van der Waals surface area (Å²) in [6, 6.07) is 2.41. The lowest BCUT2D eigenvalue weighted by Gasteiger charge is -2.65. The van der Waals surface area contributed by atoms with Crippen LogP contribution in [0.5, 0.6) is 0 Å². The van der Waals surface area contributed by atoms with Crippen molar-refractivity contribution in [1.82, 2.24) is 0 Å². The van der Waals surface area contributed by atoms with Crippen molar-refractivity contribution in [3.05, 3.63) is 11.3 Å². The average molecular weight is 272 g/mol. The molecule has 0 aromatic carbocycles. The van der Waals surface area contributed by atoms with Gasteiger partial charge in [-0.25, -0.2) is 0 Å². The van der Waals surface area contributed by atoms with Gasteiger partial charge in [-0.1, -0.05) is 27.2 Å². The van der Waals surface area contributed by atoms with Crippen LogP contribution in [0, 0.1) is 33.5 Å². The fraction of sp³-hybridized carbons (Fsp3) is 0.833. The highest BCUT2D eigenvalue weighted by Gasteiger charge is 2.61. The number of hydrogen-bond donors (Lipinski definition) is 1. The Hall–Kier alpha value is -0.970. The average Bonchev–Trinajstić information content (AvgIpc) is 2.30. The lowest BCUT2D eigenvalue weighted by molar-refractivity contribution is -0.129. The number of nitrogens with zero attached hydrogens (tertiary/aromatic N) is 1. The second kappa shape index (κ2) is 4.26. The van der Waals surface area contributed by atoms with Crippen molar-refractivity contribution in [2.45, 2.75) is 72.1 Å². The van der Waals surface area contributed by atoms with Crippen molar-refractivity contribution in [2.24, 2.45) is 27.9 Å².